The van der Waals surface area contributed by atoms with E-state index in [1.54, 1.807) is 11.3 Å². The molecule has 3 rings (SSSR count). The first-order valence-corrected chi connectivity index (χ1v) is 6.69. The summed E-state index contributed by atoms with van der Waals surface area (Å²) in [6.07, 6.45) is 2.38. The van der Waals surface area contributed by atoms with Gasteiger partial charge in [0.15, 0.2) is 14.8 Å². The molecular formula is C9H12N4S2. The van der Waals surface area contributed by atoms with Gasteiger partial charge in [0.2, 0.25) is 0 Å². The van der Waals surface area contributed by atoms with E-state index in [0.717, 1.165) is 22.8 Å². The molecule has 2 aromatic heterocycles. The maximum absolute atomic E-state index is 5.63. The van der Waals surface area contributed by atoms with Gasteiger partial charge < -0.3 is 11.1 Å². The summed E-state index contributed by atoms with van der Waals surface area (Å²) < 4.78 is 0. The van der Waals surface area contributed by atoms with Crippen molar-refractivity contribution in [3.8, 4) is 0 Å². The van der Waals surface area contributed by atoms with Gasteiger partial charge in [-0.25, -0.2) is 9.97 Å². The van der Waals surface area contributed by atoms with Crippen LogP contribution in [0.3, 0.4) is 0 Å². The molecule has 0 radical (unpaired) electrons. The van der Waals surface area contributed by atoms with E-state index in [2.05, 4.69) is 15.3 Å². The van der Waals surface area contributed by atoms with Crippen molar-refractivity contribution in [2.75, 3.05) is 18.8 Å². The molecule has 2 aromatic rings. The molecule has 0 unspecified atom stereocenters. The van der Waals surface area contributed by atoms with Gasteiger partial charge in [-0.1, -0.05) is 22.7 Å². The molecule has 1 saturated heterocycles. The Balaban J connectivity index is 1.93. The van der Waals surface area contributed by atoms with Gasteiger partial charge in [0.25, 0.3) is 0 Å². The third kappa shape index (κ3) is 1.73. The molecule has 4 nitrogen and oxygen atoms in total. The van der Waals surface area contributed by atoms with Crippen LogP contribution in [-0.2, 0) is 0 Å². The molecule has 1 fully saturated rings. The second kappa shape index (κ2) is 3.70. The van der Waals surface area contributed by atoms with E-state index >= 15 is 0 Å². The number of aromatic nitrogens is 2. The van der Waals surface area contributed by atoms with Gasteiger partial charge in [0.05, 0.1) is 5.01 Å². The molecule has 1 aliphatic rings. The molecule has 6 heteroatoms. The number of fused-ring (bicyclic) bond motifs is 1. The van der Waals surface area contributed by atoms with E-state index in [9.17, 15) is 0 Å². The summed E-state index contributed by atoms with van der Waals surface area (Å²) in [4.78, 5) is 10.9. The van der Waals surface area contributed by atoms with Crippen molar-refractivity contribution in [3.05, 3.63) is 5.01 Å². The molecule has 80 valence electrons. The SMILES string of the molecule is Nc1nc2sc(C3CCNCC3)nc2s1. The molecule has 3 heterocycles. The number of hydrogen-bond acceptors (Lipinski definition) is 6. The highest BCUT2D eigenvalue weighted by atomic mass is 32.1. The van der Waals surface area contributed by atoms with Crippen molar-refractivity contribution in [2.45, 2.75) is 18.8 Å². The van der Waals surface area contributed by atoms with Gasteiger partial charge in [-0.15, -0.1) is 0 Å². The van der Waals surface area contributed by atoms with Crippen molar-refractivity contribution < 1.29 is 0 Å². The maximum atomic E-state index is 5.63. The first kappa shape index (κ1) is 9.50. The number of anilines is 1. The Morgan fingerprint density at radius 1 is 1.13 bits per heavy atom. The Bertz CT molecular complexity index is 438. The van der Waals surface area contributed by atoms with Crippen LogP contribution in [0.1, 0.15) is 23.8 Å². The predicted molar refractivity (Wildman–Crippen MR) is 64.5 cm³/mol. The molecule has 0 amide bonds. The second-order valence-electron chi connectivity index (χ2n) is 3.74. The molecule has 3 N–H and O–H groups in total. The van der Waals surface area contributed by atoms with Crippen LogP contribution < -0.4 is 11.1 Å². The lowest BCUT2D eigenvalue weighted by molar-refractivity contribution is 0.459. The summed E-state index contributed by atoms with van der Waals surface area (Å²) in [6.45, 7) is 2.21. The van der Waals surface area contributed by atoms with Crippen molar-refractivity contribution in [1.82, 2.24) is 15.3 Å². The van der Waals surface area contributed by atoms with E-state index in [1.165, 1.54) is 29.2 Å². The molecule has 15 heavy (non-hydrogen) atoms. The van der Waals surface area contributed by atoms with Crippen LogP contribution in [0.2, 0.25) is 0 Å². The fraction of sp³-hybridized carbons (Fsp3) is 0.556. The highest BCUT2D eigenvalue weighted by molar-refractivity contribution is 7.28. The number of nitrogen functional groups attached to an aromatic ring is 1. The van der Waals surface area contributed by atoms with Crippen LogP contribution in [0.4, 0.5) is 5.13 Å². The molecule has 0 aromatic carbocycles. The lowest BCUT2D eigenvalue weighted by Gasteiger charge is -2.20. The summed E-state index contributed by atoms with van der Waals surface area (Å²) in [5, 5.41) is 5.23. The van der Waals surface area contributed by atoms with Gasteiger partial charge in [-0.3, -0.25) is 0 Å². The average Bonchev–Trinajstić information content (AvgIpc) is 2.76. The van der Waals surface area contributed by atoms with Gasteiger partial charge in [-0.05, 0) is 25.9 Å². The van der Waals surface area contributed by atoms with Gasteiger partial charge in [0.1, 0.15) is 0 Å². The fourth-order valence-corrected chi connectivity index (χ4v) is 3.91. The van der Waals surface area contributed by atoms with Crippen molar-refractivity contribution in [2.24, 2.45) is 0 Å². The van der Waals surface area contributed by atoms with E-state index in [1.807, 2.05) is 0 Å². The standard InChI is InChI=1S/C9H12N4S2/c10-9-13-8-7(15-9)12-6(14-8)5-1-3-11-4-2-5/h5,11H,1-4H2,(H2,10,13). The van der Waals surface area contributed by atoms with Crippen molar-refractivity contribution in [3.63, 3.8) is 0 Å². The Morgan fingerprint density at radius 3 is 2.60 bits per heavy atom. The van der Waals surface area contributed by atoms with E-state index < -0.39 is 0 Å². The number of nitrogens with zero attached hydrogens (tertiary/aromatic N) is 2. The predicted octanol–water partition coefficient (Wildman–Crippen LogP) is 1.80. The third-order valence-electron chi connectivity index (χ3n) is 2.70. The third-order valence-corrected chi connectivity index (χ3v) is 4.72. The molecule has 0 bridgehead atoms. The normalized spacial score (nSPS) is 18.7. The first-order chi connectivity index (χ1) is 7.33. The Labute approximate surface area is 95.5 Å². The number of nitrogens with one attached hydrogen (secondary N) is 1. The summed E-state index contributed by atoms with van der Waals surface area (Å²) in [5.41, 5.74) is 5.63. The van der Waals surface area contributed by atoms with Crippen LogP contribution >= 0.6 is 22.7 Å². The zero-order chi connectivity index (χ0) is 10.3. The Kier molecular flexibility index (Phi) is 2.34. The second-order valence-corrected chi connectivity index (χ2v) is 5.76. The average molecular weight is 240 g/mol. The number of rotatable bonds is 1. The number of thiazole rings is 2. The first-order valence-electron chi connectivity index (χ1n) is 5.06. The monoisotopic (exact) mass is 240 g/mol. The summed E-state index contributed by atoms with van der Waals surface area (Å²) in [6, 6.07) is 0. The van der Waals surface area contributed by atoms with Crippen LogP contribution in [-0.4, -0.2) is 23.1 Å². The molecule has 0 aliphatic carbocycles. The largest absolute Gasteiger partial charge is 0.375 e. The summed E-state index contributed by atoms with van der Waals surface area (Å²) in [5.74, 6) is 0.624. The highest BCUT2D eigenvalue weighted by Gasteiger charge is 2.20. The lowest BCUT2D eigenvalue weighted by Crippen LogP contribution is -2.26. The smallest absolute Gasteiger partial charge is 0.183 e. The minimum absolute atomic E-state index is 0.624. The van der Waals surface area contributed by atoms with Gasteiger partial charge >= 0.3 is 0 Å². The molecular weight excluding hydrogens is 228 g/mol. The Morgan fingerprint density at radius 2 is 1.87 bits per heavy atom. The maximum Gasteiger partial charge on any atom is 0.183 e. The van der Waals surface area contributed by atoms with Crippen molar-refractivity contribution in [1.29, 1.82) is 0 Å². The van der Waals surface area contributed by atoms with E-state index in [-0.39, 0.29) is 0 Å². The summed E-state index contributed by atoms with van der Waals surface area (Å²) in [7, 11) is 0. The fourth-order valence-electron chi connectivity index (χ4n) is 1.92. The number of hydrogen-bond donors (Lipinski definition) is 2. The van der Waals surface area contributed by atoms with E-state index in [0.29, 0.717) is 11.0 Å². The quantitative estimate of drug-likeness (QED) is 0.798. The lowest BCUT2D eigenvalue weighted by atomic mass is 9.99. The van der Waals surface area contributed by atoms with E-state index in [4.69, 9.17) is 5.73 Å². The topological polar surface area (TPSA) is 63.8 Å². The zero-order valence-electron chi connectivity index (χ0n) is 8.19. The minimum atomic E-state index is 0.624. The molecule has 0 saturated carbocycles. The minimum Gasteiger partial charge on any atom is -0.375 e. The molecule has 0 spiro atoms. The van der Waals surface area contributed by atoms with Crippen LogP contribution in [0.15, 0.2) is 0 Å². The van der Waals surface area contributed by atoms with Crippen molar-refractivity contribution >= 4 is 37.5 Å². The number of nitrogens with two attached hydrogens (primary N) is 1. The molecule has 1 aliphatic heterocycles. The number of piperidine rings is 1. The van der Waals surface area contributed by atoms with Gasteiger partial charge in [-0.2, -0.15) is 0 Å². The van der Waals surface area contributed by atoms with Crippen LogP contribution in [0.5, 0.6) is 0 Å². The van der Waals surface area contributed by atoms with Crippen LogP contribution in [0.25, 0.3) is 9.66 Å². The zero-order valence-corrected chi connectivity index (χ0v) is 9.83. The van der Waals surface area contributed by atoms with Gasteiger partial charge in [0, 0.05) is 5.92 Å². The summed E-state index contributed by atoms with van der Waals surface area (Å²) >= 11 is 3.19. The molecule has 0 atom stereocenters. The highest BCUT2D eigenvalue weighted by Crippen LogP contribution is 2.34. The van der Waals surface area contributed by atoms with Crippen LogP contribution in [0, 0.1) is 0 Å². The Hall–Kier alpha value is -0.720.